The SMILES string of the molecule is CCCCN1C(=S)N[C@@H](c2ccccn2)[C@@H]1c1cc(C)n(-c2ccc(F)cc2)c1C. The van der Waals surface area contributed by atoms with Gasteiger partial charge in [0, 0.05) is 29.8 Å². The minimum Gasteiger partial charge on any atom is -0.352 e. The topological polar surface area (TPSA) is 33.1 Å². The Balaban J connectivity index is 1.81. The monoisotopic (exact) mass is 422 g/mol. The maximum atomic E-state index is 13.5. The van der Waals surface area contributed by atoms with Crippen LogP contribution in [0.3, 0.4) is 0 Å². The van der Waals surface area contributed by atoms with Gasteiger partial charge in [0.05, 0.1) is 17.8 Å². The minimum atomic E-state index is -0.229. The van der Waals surface area contributed by atoms with Crippen LogP contribution < -0.4 is 5.32 Å². The van der Waals surface area contributed by atoms with Crippen LogP contribution in [0.1, 0.15) is 54.5 Å². The van der Waals surface area contributed by atoms with E-state index in [1.807, 2.05) is 30.5 Å². The van der Waals surface area contributed by atoms with Gasteiger partial charge in [-0.3, -0.25) is 4.98 Å². The van der Waals surface area contributed by atoms with Gasteiger partial charge in [-0.1, -0.05) is 19.4 Å². The first-order valence-electron chi connectivity index (χ1n) is 10.4. The number of nitrogens with one attached hydrogen (secondary N) is 1. The average molecular weight is 423 g/mol. The van der Waals surface area contributed by atoms with E-state index >= 15 is 0 Å². The van der Waals surface area contributed by atoms with Crippen LogP contribution >= 0.6 is 12.2 Å². The van der Waals surface area contributed by atoms with Gasteiger partial charge in [-0.2, -0.15) is 0 Å². The zero-order chi connectivity index (χ0) is 21.3. The fraction of sp³-hybridized carbons (Fsp3) is 0.333. The first-order chi connectivity index (χ1) is 14.5. The summed E-state index contributed by atoms with van der Waals surface area (Å²) < 4.78 is 15.6. The van der Waals surface area contributed by atoms with Crippen molar-refractivity contribution < 1.29 is 4.39 Å². The number of benzene rings is 1. The van der Waals surface area contributed by atoms with E-state index in [2.05, 4.69) is 52.7 Å². The second kappa shape index (κ2) is 8.56. The summed E-state index contributed by atoms with van der Waals surface area (Å²) in [5, 5.41) is 4.29. The van der Waals surface area contributed by atoms with Crippen molar-refractivity contribution in [1.82, 2.24) is 19.8 Å². The van der Waals surface area contributed by atoms with E-state index in [1.54, 1.807) is 0 Å². The van der Waals surface area contributed by atoms with Gasteiger partial charge in [0.1, 0.15) is 5.82 Å². The first-order valence-corrected chi connectivity index (χ1v) is 10.8. The van der Waals surface area contributed by atoms with Crippen LogP contribution in [0, 0.1) is 19.7 Å². The maximum absolute atomic E-state index is 13.5. The molecule has 6 heteroatoms. The Morgan fingerprint density at radius 2 is 1.90 bits per heavy atom. The van der Waals surface area contributed by atoms with Crippen molar-refractivity contribution in [2.75, 3.05) is 6.54 Å². The zero-order valence-corrected chi connectivity index (χ0v) is 18.4. The molecule has 4 rings (SSSR count). The number of halogens is 1. The van der Waals surface area contributed by atoms with E-state index in [4.69, 9.17) is 12.2 Å². The largest absolute Gasteiger partial charge is 0.352 e. The summed E-state index contributed by atoms with van der Waals surface area (Å²) in [4.78, 5) is 6.92. The molecule has 156 valence electrons. The number of pyridine rings is 1. The predicted molar refractivity (Wildman–Crippen MR) is 122 cm³/mol. The van der Waals surface area contributed by atoms with E-state index in [-0.39, 0.29) is 17.9 Å². The number of aryl methyl sites for hydroxylation is 1. The van der Waals surface area contributed by atoms with Crippen LogP contribution in [0.2, 0.25) is 0 Å². The Labute approximate surface area is 182 Å². The summed E-state index contributed by atoms with van der Waals surface area (Å²) in [6.07, 6.45) is 4.01. The van der Waals surface area contributed by atoms with Crippen molar-refractivity contribution in [2.45, 2.75) is 45.7 Å². The molecule has 1 N–H and O–H groups in total. The normalized spacial score (nSPS) is 18.7. The molecule has 4 nitrogen and oxygen atoms in total. The molecule has 30 heavy (non-hydrogen) atoms. The van der Waals surface area contributed by atoms with E-state index in [9.17, 15) is 4.39 Å². The summed E-state index contributed by atoms with van der Waals surface area (Å²) >= 11 is 5.74. The van der Waals surface area contributed by atoms with Crippen LogP contribution in [-0.2, 0) is 0 Å². The Hall–Kier alpha value is -2.73. The van der Waals surface area contributed by atoms with Crippen molar-refractivity contribution in [1.29, 1.82) is 0 Å². The van der Waals surface area contributed by atoms with Crippen molar-refractivity contribution in [2.24, 2.45) is 0 Å². The maximum Gasteiger partial charge on any atom is 0.170 e. The molecule has 2 aromatic heterocycles. The summed E-state index contributed by atoms with van der Waals surface area (Å²) in [7, 11) is 0. The van der Waals surface area contributed by atoms with Gasteiger partial charge in [0.15, 0.2) is 5.11 Å². The molecule has 2 atom stereocenters. The summed E-state index contributed by atoms with van der Waals surface area (Å²) in [5.41, 5.74) is 5.41. The molecule has 1 aliphatic rings. The summed E-state index contributed by atoms with van der Waals surface area (Å²) in [6.45, 7) is 7.31. The van der Waals surface area contributed by atoms with Gasteiger partial charge in [0.25, 0.3) is 0 Å². The summed E-state index contributed by atoms with van der Waals surface area (Å²) in [5.74, 6) is -0.229. The molecule has 3 aromatic rings. The highest BCUT2D eigenvalue weighted by atomic mass is 32.1. The van der Waals surface area contributed by atoms with Crippen LogP contribution in [0.5, 0.6) is 0 Å². The van der Waals surface area contributed by atoms with Gasteiger partial charge in [-0.15, -0.1) is 0 Å². The fourth-order valence-corrected chi connectivity index (χ4v) is 4.72. The smallest absolute Gasteiger partial charge is 0.170 e. The lowest BCUT2D eigenvalue weighted by Crippen LogP contribution is -2.30. The molecular formula is C24H27FN4S. The van der Waals surface area contributed by atoms with Gasteiger partial charge >= 0.3 is 0 Å². The van der Waals surface area contributed by atoms with Crippen LogP contribution in [0.4, 0.5) is 4.39 Å². The quantitative estimate of drug-likeness (QED) is 0.539. The molecular weight excluding hydrogens is 395 g/mol. The van der Waals surface area contributed by atoms with Gasteiger partial charge in [0.2, 0.25) is 0 Å². The molecule has 0 unspecified atom stereocenters. The van der Waals surface area contributed by atoms with E-state index in [1.165, 1.54) is 17.7 Å². The molecule has 3 heterocycles. The average Bonchev–Trinajstić information content (AvgIpc) is 3.23. The number of thiocarbonyl (C=S) groups is 1. The molecule has 1 aliphatic heterocycles. The predicted octanol–water partition coefficient (Wildman–Crippen LogP) is 5.40. The number of unbranched alkanes of at least 4 members (excludes halogenated alkanes) is 1. The molecule has 0 spiro atoms. The number of rotatable bonds is 6. The third-order valence-electron chi connectivity index (χ3n) is 5.82. The van der Waals surface area contributed by atoms with Crippen molar-refractivity contribution in [3.63, 3.8) is 0 Å². The van der Waals surface area contributed by atoms with Crippen LogP contribution in [0.25, 0.3) is 5.69 Å². The lowest BCUT2D eigenvalue weighted by atomic mass is 9.96. The Morgan fingerprint density at radius 1 is 1.13 bits per heavy atom. The number of hydrogen-bond acceptors (Lipinski definition) is 2. The number of nitrogens with zero attached hydrogens (tertiary/aromatic N) is 3. The molecule has 0 bridgehead atoms. The van der Waals surface area contributed by atoms with Crippen LogP contribution in [-0.4, -0.2) is 26.1 Å². The Morgan fingerprint density at radius 3 is 2.57 bits per heavy atom. The lowest BCUT2D eigenvalue weighted by Gasteiger charge is -2.28. The Bertz CT molecular complexity index is 1030. The second-order valence-electron chi connectivity index (χ2n) is 7.81. The van der Waals surface area contributed by atoms with E-state index in [0.717, 1.165) is 47.3 Å². The highest BCUT2D eigenvalue weighted by molar-refractivity contribution is 7.80. The van der Waals surface area contributed by atoms with Gasteiger partial charge in [-0.05, 0) is 80.5 Å². The fourth-order valence-electron chi connectivity index (χ4n) is 4.39. The minimum absolute atomic E-state index is 0.0160. The number of hydrogen-bond donors (Lipinski definition) is 1. The molecule has 1 saturated heterocycles. The second-order valence-corrected chi connectivity index (χ2v) is 8.20. The third-order valence-corrected chi connectivity index (χ3v) is 6.18. The standard InChI is InChI=1S/C24H27FN4S/c1-4-5-14-28-23(22(27-24(28)30)21-8-6-7-13-26-21)20-15-16(2)29(17(20)3)19-11-9-18(25)10-12-19/h6-13,15,22-23H,4-5,14H2,1-3H3,(H,27,30)/t22-,23-/m0/s1. The van der Waals surface area contributed by atoms with Gasteiger partial charge < -0.3 is 14.8 Å². The van der Waals surface area contributed by atoms with E-state index < -0.39 is 0 Å². The summed E-state index contributed by atoms with van der Waals surface area (Å²) in [6, 6.07) is 14.9. The molecule has 1 aromatic carbocycles. The van der Waals surface area contributed by atoms with Crippen molar-refractivity contribution in [3.05, 3.63) is 83.2 Å². The highest BCUT2D eigenvalue weighted by Gasteiger charge is 2.41. The Kier molecular flexibility index (Phi) is 5.86. The van der Waals surface area contributed by atoms with Gasteiger partial charge in [-0.25, -0.2) is 4.39 Å². The molecule has 1 fully saturated rings. The molecule has 0 amide bonds. The zero-order valence-electron chi connectivity index (χ0n) is 17.6. The molecule has 0 aliphatic carbocycles. The van der Waals surface area contributed by atoms with Crippen molar-refractivity contribution >= 4 is 17.3 Å². The molecule has 0 saturated carbocycles. The number of aromatic nitrogens is 2. The van der Waals surface area contributed by atoms with Crippen molar-refractivity contribution in [3.8, 4) is 5.69 Å². The first kappa shape index (κ1) is 20.5. The molecule has 0 radical (unpaired) electrons. The lowest BCUT2D eigenvalue weighted by molar-refractivity contribution is 0.312. The van der Waals surface area contributed by atoms with E-state index in [0.29, 0.717) is 0 Å². The van der Waals surface area contributed by atoms with Crippen LogP contribution in [0.15, 0.2) is 54.7 Å². The highest BCUT2D eigenvalue weighted by Crippen LogP contribution is 2.41. The third kappa shape index (κ3) is 3.72.